The van der Waals surface area contributed by atoms with E-state index in [1.165, 1.54) is 24.7 Å². The third-order valence-electron chi connectivity index (χ3n) is 3.73. The fourth-order valence-corrected chi connectivity index (χ4v) is 3.87. The van der Waals surface area contributed by atoms with Crippen LogP contribution in [0, 0.1) is 0 Å². The van der Waals surface area contributed by atoms with Crippen molar-refractivity contribution in [3.8, 4) is 0 Å². The number of pyridine rings is 1. The smallest absolute Gasteiger partial charge is 0.270 e. The molecule has 8 nitrogen and oxygen atoms in total. The Bertz CT molecular complexity index is 928. The quantitative estimate of drug-likeness (QED) is 0.702. The second-order valence-corrected chi connectivity index (χ2v) is 7.94. The molecule has 1 fully saturated rings. The van der Waals surface area contributed by atoms with Crippen molar-refractivity contribution in [1.29, 1.82) is 0 Å². The third-order valence-corrected chi connectivity index (χ3v) is 5.67. The SMILES string of the molecule is O=C(c1cc(S(=O)(=O)Nc2c[nH]cc(Br)c2=O)c[nH]1)N1CCCC1. The fraction of sp³-hybridized carbons (Fsp3) is 0.286. The van der Waals surface area contributed by atoms with Gasteiger partial charge in [-0.05, 0) is 34.8 Å². The number of rotatable bonds is 4. The molecule has 0 bridgehead atoms. The van der Waals surface area contributed by atoms with E-state index in [2.05, 4.69) is 30.6 Å². The summed E-state index contributed by atoms with van der Waals surface area (Å²) in [4.78, 5) is 31.1. The Morgan fingerprint density at radius 2 is 1.92 bits per heavy atom. The lowest BCUT2D eigenvalue weighted by Crippen LogP contribution is -2.27. The molecule has 0 saturated carbocycles. The minimum absolute atomic E-state index is 0.107. The van der Waals surface area contributed by atoms with Crippen LogP contribution in [0.2, 0.25) is 0 Å². The van der Waals surface area contributed by atoms with E-state index in [0.29, 0.717) is 13.1 Å². The number of hydrogen-bond acceptors (Lipinski definition) is 4. The summed E-state index contributed by atoms with van der Waals surface area (Å²) < 4.78 is 27.2. The highest BCUT2D eigenvalue weighted by molar-refractivity contribution is 9.10. The van der Waals surface area contributed by atoms with Crippen molar-refractivity contribution in [2.45, 2.75) is 17.7 Å². The fourth-order valence-electron chi connectivity index (χ4n) is 2.48. The lowest BCUT2D eigenvalue weighted by Gasteiger charge is -2.13. The van der Waals surface area contributed by atoms with Crippen LogP contribution in [0.4, 0.5) is 5.69 Å². The van der Waals surface area contributed by atoms with Gasteiger partial charge in [0.25, 0.3) is 15.9 Å². The van der Waals surface area contributed by atoms with E-state index in [4.69, 9.17) is 0 Å². The van der Waals surface area contributed by atoms with Gasteiger partial charge in [0.2, 0.25) is 5.43 Å². The molecule has 1 saturated heterocycles. The number of amides is 1. The van der Waals surface area contributed by atoms with Crippen LogP contribution < -0.4 is 10.2 Å². The van der Waals surface area contributed by atoms with E-state index in [9.17, 15) is 18.0 Å². The predicted molar refractivity (Wildman–Crippen MR) is 91.5 cm³/mol. The molecule has 3 heterocycles. The van der Waals surface area contributed by atoms with E-state index in [0.717, 1.165) is 12.8 Å². The Morgan fingerprint density at radius 1 is 1.21 bits per heavy atom. The normalized spacial score (nSPS) is 14.8. The van der Waals surface area contributed by atoms with Crippen molar-refractivity contribution in [2.75, 3.05) is 17.8 Å². The monoisotopic (exact) mass is 414 g/mol. The van der Waals surface area contributed by atoms with Gasteiger partial charge in [0.15, 0.2) is 0 Å². The van der Waals surface area contributed by atoms with Gasteiger partial charge in [-0.15, -0.1) is 0 Å². The first kappa shape index (κ1) is 16.8. The van der Waals surface area contributed by atoms with E-state index in [-0.39, 0.29) is 26.7 Å². The summed E-state index contributed by atoms with van der Waals surface area (Å²) in [5.41, 5.74) is -0.389. The average molecular weight is 415 g/mol. The van der Waals surface area contributed by atoms with Gasteiger partial charge >= 0.3 is 0 Å². The Hall–Kier alpha value is -2.07. The molecule has 128 valence electrons. The Balaban J connectivity index is 1.84. The summed E-state index contributed by atoms with van der Waals surface area (Å²) in [6, 6.07) is 1.27. The summed E-state index contributed by atoms with van der Waals surface area (Å²) >= 11 is 3.04. The van der Waals surface area contributed by atoms with Crippen LogP contribution in [-0.4, -0.2) is 42.3 Å². The van der Waals surface area contributed by atoms with Crippen LogP contribution in [0.15, 0.2) is 38.8 Å². The zero-order valence-electron chi connectivity index (χ0n) is 12.5. The average Bonchev–Trinajstić information content (AvgIpc) is 3.22. The van der Waals surface area contributed by atoms with Gasteiger partial charge in [0, 0.05) is 31.7 Å². The summed E-state index contributed by atoms with van der Waals surface area (Å²) in [6.45, 7) is 1.34. The highest BCUT2D eigenvalue weighted by atomic mass is 79.9. The number of sulfonamides is 1. The van der Waals surface area contributed by atoms with Crippen LogP contribution in [-0.2, 0) is 10.0 Å². The minimum Gasteiger partial charge on any atom is -0.365 e. The van der Waals surface area contributed by atoms with Crippen LogP contribution in [0.1, 0.15) is 23.3 Å². The lowest BCUT2D eigenvalue weighted by atomic mass is 10.4. The van der Waals surface area contributed by atoms with Gasteiger partial charge in [0.05, 0.1) is 4.47 Å². The number of anilines is 1. The molecule has 3 N–H and O–H groups in total. The van der Waals surface area contributed by atoms with E-state index >= 15 is 0 Å². The van der Waals surface area contributed by atoms with Crippen LogP contribution in [0.3, 0.4) is 0 Å². The summed E-state index contributed by atoms with van der Waals surface area (Å²) in [7, 11) is -3.98. The molecule has 2 aromatic heterocycles. The summed E-state index contributed by atoms with van der Waals surface area (Å²) in [5, 5.41) is 0. The zero-order chi connectivity index (χ0) is 17.3. The molecule has 10 heteroatoms. The largest absolute Gasteiger partial charge is 0.365 e. The molecule has 1 aliphatic rings. The number of H-pyrrole nitrogens is 2. The highest BCUT2D eigenvalue weighted by Gasteiger charge is 2.24. The number of likely N-dealkylation sites (tertiary alicyclic amines) is 1. The zero-order valence-corrected chi connectivity index (χ0v) is 14.9. The van der Waals surface area contributed by atoms with Crippen molar-refractivity contribution in [3.63, 3.8) is 0 Å². The number of hydrogen-bond donors (Lipinski definition) is 3. The molecule has 1 aliphatic heterocycles. The maximum atomic E-state index is 12.4. The molecule has 0 spiro atoms. The molecule has 0 aromatic carbocycles. The predicted octanol–water partition coefficient (Wildman–Crippen LogP) is 1.50. The first-order valence-corrected chi connectivity index (χ1v) is 9.53. The maximum absolute atomic E-state index is 12.4. The second kappa shape index (κ2) is 6.44. The summed E-state index contributed by atoms with van der Waals surface area (Å²) in [6.07, 6.45) is 5.80. The number of carbonyl (C=O) groups excluding carboxylic acids is 1. The maximum Gasteiger partial charge on any atom is 0.270 e. The highest BCUT2D eigenvalue weighted by Crippen LogP contribution is 2.18. The Labute approximate surface area is 146 Å². The Morgan fingerprint density at radius 3 is 2.62 bits per heavy atom. The van der Waals surface area contributed by atoms with Crippen molar-refractivity contribution in [3.05, 3.63) is 45.0 Å². The van der Waals surface area contributed by atoms with Crippen molar-refractivity contribution in [1.82, 2.24) is 14.9 Å². The second-order valence-electron chi connectivity index (χ2n) is 5.40. The van der Waals surface area contributed by atoms with Gasteiger partial charge in [-0.1, -0.05) is 0 Å². The Kier molecular flexibility index (Phi) is 4.50. The molecule has 0 atom stereocenters. The molecule has 24 heavy (non-hydrogen) atoms. The van der Waals surface area contributed by atoms with Crippen LogP contribution >= 0.6 is 15.9 Å². The lowest BCUT2D eigenvalue weighted by molar-refractivity contribution is 0.0787. The van der Waals surface area contributed by atoms with Crippen LogP contribution in [0.25, 0.3) is 0 Å². The van der Waals surface area contributed by atoms with E-state index in [1.807, 2.05) is 0 Å². The van der Waals surface area contributed by atoms with E-state index in [1.54, 1.807) is 4.90 Å². The third kappa shape index (κ3) is 3.24. The van der Waals surface area contributed by atoms with Crippen molar-refractivity contribution < 1.29 is 13.2 Å². The number of aromatic nitrogens is 2. The topological polar surface area (TPSA) is 115 Å². The minimum atomic E-state index is -3.98. The van der Waals surface area contributed by atoms with Gasteiger partial charge in [-0.3, -0.25) is 14.3 Å². The van der Waals surface area contributed by atoms with Crippen LogP contribution in [0.5, 0.6) is 0 Å². The number of carbonyl (C=O) groups is 1. The van der Waals surface area contributed by atoms with E-state index < -0.39 is 15.5 Å². The van der Waals surface area contributed by atoms with Crippen molar-refractivity contribution >= 4 is 37.5 Å². The first-order chi connectivity index (χ1) is 11.4. The van der Waals surface area contributed by atoms with Crippen molar-refractivity contribution in [2.24, 2.45) is 0 Å². The standard InChI is InChI=1S/C14H15BrN4O4S/c15-10-7-16-8-12(13(10)20)18-24(22,23)9-5-11(17-6-9)14(21)19-3-1-2-4-19/h5-8,17-18H,1-4H2,(H,16,20). The van der Waals surface area contributed by atoms with Gasteiger partial charge in [-0.25, -0.2) is 8.42 Å². The molecule has 2 aromatic rings. The molecule has 0 unspecified atom stereocenters. The molecule has 1 amide bonds. The number of halogens is 1. The molecule has 3 rings (SSSR count). The first-order valence-electron chi connectivity index (χ1n) is 7.25. The van der Waals surface area contributed by atoms with Gasteiger partial charge < -0.3 is 14.9 Å². The number of aromatic amines is 2. The van der Waals surface area contributed by atoms with Gasteiger partial charge in [-0.2, -0.15) is 0 Å². The molecule has 0 radical (unpaired) electrons. The number of nitrogens with one attached hydrogen (secondary N) is 3. The molecular weight excluding hydrogens is 400 g/mol. The number of nitrogens with zero attached hydrogens (tertiary/aromatic N) is 1. The summed E-state index contributed by atoms with van der Waals surface area (Å²) in [5.74, 6) is -0.228. The molecule has 0 aliphatic carbocycles. The molecular formula is C14H15BrN4O4S. The van der Waals surface area contributed by atoms with Gasteiger partial charge in [0.1, 0.15) is 16.3 Å².